The molecule has 2 atom stereocenters. The Balaban J connectivity index is 1.84. The van der Waals surface area contributed by atoms with E-state index in [4.69, 9.17) is 9.84 Å². The van der Waals surface area contributed by atoms with Crippen LogP contribution in [-0.2, 0) is 4.79 Å². The standard InChI is InChI=1S/C16H22BrN3O5/c1-11-8-18(9-12(2)19(11)10-16(21)22)5-6-25-15-4-3-13(20(23)24)7-14(15)17/h3-4,7,11-12H,5-6,8-10H2,1-2H3,(H,21,22)/t11-,12+. The van der Waals surface area contributed by atoms with Crippen molar-refractivity contribution in [1.82, 2.24) is 9.80 Å². The zero-order valence-electron chi connectivity index (χ0n) is 14.2. The van der Waals surface area contributed by atoms with Gasteiger partial charge in [0.15, 0.2) is 0 Å². The van der Waals surface area contributed by atoms with Crippen LogP contribution in [0.25, 0.3) is 0 Å². The fourth-order valence-electron chi connectivity index (χ4n) is 3.12. The molecule has 1 aliphatic rings. The molecule has 0 saturated carbocycles. The van der Waals surface area contributed by atoms with Crippen LogP contribution in [-0.4, -0.2) is 70.7 Å². The van der Waals surface area contributed by atoms with Crippen molar-refractivity contribution in [2.75, 3.05) is 32.8 Å². The van der Waals surface area contributed by atoms with Crippen molar-refractivity contribution in [3.63, 3.8) is 0 Å². The van der Waals surface area contributed by atoms with Crippen molar-refractivity contribution < 1.29 is 19.6 Å². The number of ether oxygens (including phenoxy) is 1. The lowest BCUT2D eigenvalue weighted by atomic mass is 10.1. The van der Waals surface area contributed by atoms with Gasteiger partial charge in [-0.25, -0.2) is 0 Å². The highest BCUT2D eigenvalue weighted by atomic mass is 79.9. The number of halogens is 1. The first-order valence-corrected chi connectivity index (χ1v) is 8.84. The molecule has 8 nitrogen and oxygen atoms in total. The molecule has 0 spiro atoms. The molecular formula is C16H22BrN3O5. The lowest BCUT2D eigenvalue weighted by molar-refractivity contribution is -0.385. The first kappa shape index (κ1) is 19.6. The molecule has 1 aliphatic heterocycles. The molecular weight excluding hydrogens is 394 g/mol. The Morgan fingerprint density at radius 3 is 2.56 bits per heavy atom. The number of nitrogens with zero attached hydrogens (tertiary/aromatic N) is 3. The molecule has 0 aliphatic carbocycles. The van der Waals surface area contributed by atoms with Gasteiger partial charge in [0.05, 0.1) is 15.9 Å². The minimum absolute atomic E-state index is 0.0106. The lowest BCUT2D eigenvalue weighted by Gasteiger charge is -2.43. The van der Waals surface area contributed by atoms with Crippen molar-refractivity contribution in [2.24, 2.45) is 0 Å². The molecule has 138 valence electrons. The van der Waals surface area contributed by atoms with Crippen molar-refractivity contribution in [2.45, 2.75) is 25.9 Å². The van der Waals surface area contributed by atoms with Crippen LogP contribution in [0.15, 0.2) is 22.7 Å². The third-order valence-electron chi connectivity index (χ3n) is 4.29. The lowest BCUT2D eigenvalue weighted by Crippen LogP contribution is -2.58. The number of hydrogen-bond donors (Lipinski definition) is 1. The number of nitro benzene ring substituents is 1. The average molecular weight is 416 g/mol. The predicted octanol–water partition coefficient (Wildman–Crippen LogP) is 2.22. The van der Waals surface area contributed by atoms with Crippen LogP contribution in [0.5, 0.6) is 5.75 Å². The molecule has 1 saturated heterocycles. The highest BCUT2D eigenvalue weighted by Gasteiger charge is 2.30. The number of carboxylic acid groups (broad SMARTS) is 1. The number of carboxylic acids is 1. The monoisotopic (exact) mass is 415 g/mol. The maximum Gasteiger partial charge on any atom is 0.317 e. The minimum Gasteiger partial charge on any atom is -0.491 e. The van der Waals surface area contributed by atoms with E-state index >= 15 is 0 Å². The molecule has 1 heterocycles. The van der Waals surface area contributed by atoms with E-state index in [1.165, 1.54) is 12.1 Å². The molecule has 1 N–H and O–H groups in total. The summed E-state index contributed by atoms with van der Waals surface area (Å²) in [5, 5.41) is 19.7. The van der Waals surface area contributed by atoms with Crippen LogP contribution in [0, 0.1) is 10.1 Å². The van der Waals surface area contributed by atoms with Crippen molar-refractivity contribution in [3.05, 3.63) is 32.8 Å². The number of carbonyl (C=O) groups is 1. The Morgan fingerprint density at radius 1 is 1.40 bits per heavy atom. The fourth-order valence-corrected chi connectivity index (χ4v) is 3.60. The van der Waals surface area contributed by atoms with Gasteiger partial charge < -0.3 is 9.84 Å². The highest BCUT2D eigenvalue weighted by Crippen LogP contribution is 2.29. The van der Waals surface area contributed by atoms with E-state index in [1.807, 2.05) is 18.7 Å². The number of benzene rings is 1. The molecule has 0 bridgehead atoms. The normalized spacial score (nSPS) is 21.9. The van der Waals surface area contributed by atoms with E-state index in [9.17, 15) is 14.9 Å². The van der Waals surface area contributed by atoms with Gasteiger partial charge in [-0.3, -0.25) is 24.7 Å². The van der Waals surface area contributed by atoms with E-state index < -0.39 is 10.9 Å². The molecule has 25 heavy (non-hydrogen) atoms. The van der Waals surface area contributed by atoms with Crippen molar-refractivity contribution in [3.8, 4) is 5.75 Å². The largest absolute Gasteiger partial charge is 0.491 e. The Hall–Kier alpha value is -1.71. The second-order valence-corrected chi connectivity index (χ2v) is 7.10. The zero-order valence-corrected chi connectivity index (χ0v) is 15.8. The van der Waals surface area contributed by atoms with Gasteiger partial charge >= 0.3 is 5.97 Å². The van der Waals surface area contributed by atoms with Crippen molar-refractivity contribution >= 4 is 27.6 Å². The van der Waals surface area contributed by atoms with Gasteiger partial charge in [0.25, 0.3) is 5.69 Å². The molecule has 1 fully saturated rings. The SMILES string of the molecule is C[C@@H]1CN(CCOc2ccc([N+](=O)[O-])cc2Br)C[C@H](C)N1CC(=O)O. The predicted molar refractivity (Wildman–Crippen MR) is 96.0 cm³/mol. The molecule has 0 amide bonds. The Bertz CT molecular complexity index is 630. The molecule has 0 aromatic heterocycles. The first-order valence-electron chi connectivity index (χ1n) is 8.04. The Morgan fingerprint density at radius 2 is 2.04 bits per heavy atom. The summed E-state index contributed by atoms with van der Waals surface area (Å²) >= 11 is 3.29. The number of hydrogen-bond acceptors (Lipinski definition) is 6. The van der Waals surface area contributed by atoms with E-state index in [0.717, 1.165) is 13.1 Å². The Labute approximate surface area is 154 Å². The number of aliphatic carboxylic acids is 1. The molecule has 2 rings (SSSR count). The second-order valence-electron chi connectivity index (χ2n) is 6.24. The van der Waals surface area contributed by atoms with E-state index in [2.05, 4.69) is 20.8 Å². The summed E-state index contributed by atoms with van der Waals surface area (Å²) in [5.41, 5.74) is 0.0106. The van der Waals surface area contributed by atoms with Gasteiger partial charge in [-0.1, -0.05) is 0 Å². The van der Waals surface area contributed by atoms with Gasteiger partial charge in [0.1, 0.15) is 12.4 Å². The van der Waals surface area contributed by atoms with Gasteiger partial charge in [-0.05, 0) is 35.8 Å². The molecule has 0 radical (unpaired) electrons. The Kier molecular flexibility index (Phi) is 6.74. The summed E-state index contributed by atoms with van der Waals surface area (Å²) in [4.78, 5) is 25.5. The van der Waals surface area contributed by atoms with Crippen LogP contribution in [0.2, 0.25) is 0 Å². The van der Waals surface area contributed by atoms with Gasteiger partial charge in [-0.2, -0.15) is 0 Å². The second kappa shape index (κ2) is 8.59. The summed E-state index contributed by atoms with van der Waals surface area (Å²) in [6.45, 7) is 6.83. The van der Waals surface area contributed by atoms with Crippen LogP contribution in [0.3, 0.4) is 0 Å². The van der Waals surface area contributed by atoms with Gasteiger partial charge in [0.2, 0.25) is 0 Å². The third kappa shape index (κ3) is 5.38. The minimum atomic E-state index is -0.807. The van der Waals surface area contributed by atoms with Crippen LogP contribution in [0.4, 0.5) is 5.69 Å². The third-order valence-corrected chi connectivity index (χ3v) is 4.91. The number of non-ortho nitro benzene ring substituents is 1. The smallest absolute Gasteiger partial charge is 0.317 e. The maximum absolute atomic E-state index is 10.9. The van der Waals surface area contributed by atoms with Crippen LogP contribution < -0.4 is 4.74 Å². The van der Waals surface area contributed by atoms with E-state index in [1.54, 1.807) is 6.07 Å². The topological polar surface area (TPSA) is 96.2 Å². The summed E-state index contributed by atoms with van der Waals surface area (Å²) in [7, 11) is 0. The molecule has 1 aromatic rings. The summed E-state index contributed by atoms with van der Waals surface area (Å²) in [6, 6.07) is 4.73. The highest BCUT2D eigenvalue weighted by molar-refractivity contribution is 9.10. The molecule has 9 heteroatoms. The van der Waals surface area contributed by atoms with Crippen LogP contribution in [0.1, 0.15) is 13.8 Å². The summed E-state index contributed by atoms with van der Waals surface area (Å²) in [6.07, 6.45) is 0. The van der Waals surface area contributed by atoms with Gasteiger partial charge in [-0.15, -0.1) is 0 Å². The zero-order chi connectivity index (χ0) is 18.6. The summed E-state index contributed by atoms with van der Waals surface area (Å²) < 4.78 is 6.27. The fraction of sp³-hybridized carbons (Fsp3) is 0.562. The van der Waals surface area contributed by atoms with Crippen LogP contribution >= 0.6 is 15.9 Å². The van der Waals surface area contributed by atoms with E-state index in [-0.39, 0.29) is 24.3 Å². The average Bonchev–Trinajstić information content (AvgIpc) is 2.52. The van der Waals surface area contributed by atoms with Crippen molar-refractivity contribution in [1.29, 1.82) is 0 Å². The number of rotatable bonds is 7. The summed E-state index contributed by atoms with van der Waals surface area (Å²) in [5.74, 6) is -0.241. The van der Waals surface area contributed by atoms with E-state index in [0.29, 0.717) is 23.4 Å². The quantitative estimate of drug-likeness (QED) is 0.538. The molecule has 1 aromatic carbocycles. The number of piperazine rings is 1. The molecule has 0 unspecified atom stereocenters. The van der Waals surface area contributed by atoms with Gasteiger partial charge in [0, 0.05) is 43.9 Å². The number of nitro groups is 1. The maximum atomic E-state index is 10.9. The first-order chi connectivity index (χ1) is 11.8.